The van der Waals surface area contributed by atoms with Crippen LogP contribution in [0.15, 0.2) is 18.2 Å². The van der Waals surface area contributed by atoms with Gasteiger partial charge in [0.25, 0.3) is 5.91 Å². The molecule has 4 aliphatic rings. The van der Waals surface area contributed by atoms with Crippen molar-refractivity contribution in [3.05, 3.63) is 29.3 Å². The molecule has 0 saturated heterocycles. The predicted octanol–water partition coefficient (Wildman–Crippen LogP) is 3.18. The first kappa shape index (κ1) is 19.1. The van der Waals surface area contributed by atoms with E-state index in [-0.39, 0.29) is 11.3 Å². The molecule has 4 aliphatic carbocycles. The lowest BCUT2D eigenvalue weighted by atomic mass is 9.40. The Morgan fingerprint density at radius 3 is 2.32 bits per heavy atom. The fraction of sp³-hybridized carbons (Fsp3) is 0.556. The number of hydrogen-bond donors (Lipinski definition) is 2. The van der Waals surface area contributed by atoms with Gasteiger partial charge < -0.3 is 5.32 Å². The van der Waals surface area contributed by atoms with Crippen LogP contribution in [0.1, 0.15) is 54.9 Å². The fourth-order valence-electron chi connectivity index (χ4n) is 4.06. The number of anilines is 1. The zero-order chi connectivity index (χ0) is 20.6. The Balaban J connectivity index is 1.63. The molecular weight excluding hydrogens is 395 g/mol. The van der Waals surface area contributed by atoms with Gasteiger partial charge in [0, 0.05) is 5.54 Å². The monoisotopic (exact) mass is 413 g/mol. The summed E-state index contributed by atoms with van der Waals surface area (Å²) in [6.45, 7) is 1.51. The molecule has 1 amide bonds. The standard InChI is InChI=1S/C18H18F3N3O3S/c1-15(4-5-15)28(26,27)24-13-6-11(18(19,20)21)2-3-12(13)14(25)23-17-7-16(8-17,9-17)10-22/h2-3,6,24H,4-5,7-9H2,1H3,(H,23,25). The molecule has 10 heteroatoms. The number of nitriles is 1. The van der Waals surface area contributed by atoms with E-state index in [9.17, 15) is 26.4 Å². The fourth-order valence-corrected chi connectivity index (χ4v) is 5.41. The van der Waals surface area contributed by atoms with Crippen LogP contribution in [0.4, 0.5) is 18.9 Å². The Bertz CT molecular complexity index is 1000. The van der Waals surface area contributed by atoms with E-state index in [1.807, 2.05) is 0 Å². The second-order valence-electron chi connectivity index (χ2n) is 8.47. The highest BCUT2D eigenvalue weighted by Crippen LogP contribution is 2.66. The van der Waals surface area contributed by atoms with Crippen LogP contribution >= 0.6 is 0 Å². The van der Waals surface area contributed by atoms with Gasteiger partial charge in [-0.3, -0.25) is 9.52 Å². The van der Waals surface area contributed by atoms with Crippen molar-refractivity contribution in [3.63, 3.8) is 0 Å². The van der Waals surface area contributed by atoms with Gasteiger partial charge in [0.05, 0.1) is 33.0 Å². The molecule has 4 fully saturated rings. The van der Waals surface area contributed by atoms with Gasteiger partial charge in [0.1, 0.15) is 0 Å². The third-order valence-corrected chi connectivity index (χ3v) is 8.28. The maximum absolute atomic E-state index is 13.1. The average Bonchev–Trinajstić information content (AvgIpc) is 3.27. The summed E-state index contributed by atoms with van der Waals surface area (Å²) in [5.41, 5.74) is -2.53. The predicted molar refractivity (Wildman–Crippen MR) is 93.7 cm³/mol. The van der Waals surface area contributed by atoms with E-state index in [2.05, 4.69) is 16.1 Å². The number of hydrogen-bond acceptors (Lipinski definition) is 4. The zero-order valence-corrected chi connectivity index (χ0v) is 15.8. The Kier molecular flexibility index (Phi) is 3.68. The molecule has 5 rings (SSSR count). The van der Waals surface area contributed by atoms with Crippen molar-refractivity contribution in [1.82, 2.24) is 5.32 Å². The van der Waals surface area contributed by atoms with Crippen LogP contribution in [0.25, 0.3) is 0 Å². The molecule has 2 bridgehead atoms. The van der Waals surface area contributed by atoms with Gasteiger partial charge in [-0.05, 0) is 57.2 Å². The van der Waals surface area contributed by atoms with Crippen molar-refractivity contribution in [2.75, 3.05) is 4.72 Å². The first-order valence-corrected chi connectivity index (χ1v) is 10.3. The Morgan fingerprint density at radius 2 is 1.82 bits per heavy atom. The summed E-state index contributed by atoms with van der Waals surface area (Å²) in [4.78, 5) is 12.7. The van der Waals surface area contributed by atoms with Crippen LogP contribution in [0.3, 0.4) is 0 Å². The molecule has 150 valence electrons. The highest BCUT2D eigenvalue weighted by atomic mass is 32.2. The maximum Gasteiger partial charge on any atom is 0.416 e. The highest BCUT2D eigenvalue weighted by Gasteiger charge is 2.69. The van der Waals surface area contributed by atoms with Crippen LogP contribution in [-0.4, -0.2) is 24.6 Å². The number of nitrogens with one attached hydrogen (secondary N) is 2. The van der Waals surface area contributed by atoms with Gasteiger partial charge in [-0.25, -0.2) is 8.42 Å². The van der Waals surface area contributed by atoms with Crippen molar-refractivity contribution in [2.24, 2.45) is 5.41 Å². The molecule has 0 aliphatic heterocycles. The third kappa shape index (κ3) is 2.83. The van der Waals surface area contributed by atoms with Crippen molar-refractivity contribution >= 4 is 21.6 Å². The first-order valence-electron chi connectivity index (χ1n) is 8.80. The molecule has 28 heavy (non-hydrogen) atoms. The molecule has 4 saturated carbocycles. The summed E-state index contributed by atoms with van der Waals surface area (Å²) >= 11 is 0. The second kappa shape index (κ2) is 5.41. The molecule has 0 unspecified atom stereocenters. The van der Waals surface area contributed by atoms with E-state index in [0.717, 1.165) is 12.1 Å². The van der Waals surface area contributed by atoms with E-state index < -0.39 is 43.4 Å². The first-order chi connectivity index (χ1) is 12.8. The third-order valence-electron chi connectivity index (χ3n) is 6.08. The van der Waals surface area contributed by atoms with E-state index in [4.69, 9.17) is 5.26 Å². The molecule has 1 aromatic rings. The number of rotatable bonds is 5. The second-order valence-corrected chi connectivity index (χ2v) is 10.7. The van der Waals surface area contributed by atoms with E-state index >= 15 is 0 Å². The van der Waals surface area contributed by atoms with Gasteiger partial charge in [-0.15, -0.1) is 0 Å². The molecule has 1 aromatic carbocycles. The van der Waals surface area contributed by atoms with Gasteiger partial charge in [0.2, 0.25) is 10.0 Å². The molecule has 0 atom stereocenters. The van der Waals surface area contributed by atoms with Crippen LogP contribution < -0.4 is 10.0 Å². The van der Waals surface area contributed by atoms with Crippen molar-refractivity contribution in [1.29, 1.82) is 5.26 Å². The molecule has 6 nitrogen and oxygen atoms in total. The summed E-state index contributed by atoms with van der Waals surface area (Å²) in [5, 5.41) is 11.8. The number of benzene rings is 1. The number of carbonyl (C=O) groups excluding carboxylic acids is 1. The summed E-state index contributed by atoms with van der Waals surface area (Å²) in [6, 6.07) is 4.59. The Hall–Kier alpha value is -2.28. The molecule has 0 aromatic heterocycles. The lowest BCUT2D eigenvalue weighted by Crippen LogP contribution is -2.74. The van der Waals surface area contributed by atoms with E-state index in [1.54, 1.807) is 0 Å². The van der Waals surface area contributed by atoms with Crippen LogP contribution in [0.2, 0.25) is 0 Å². The molecule has 0 radical (unpaired) electrons. The molecule has 0 heterocycles. The summed E-state index contributed by atoms with van der Waals surface area (Å²) in [6.07, 6.45) is -2.36. The van der Waals surface area contributed by atoms with Gasteiger partial charge in [-0.1, -0.05) is 0 Å². The zero-order valence-electron chi connectivity index (χ0n) is 15.0. The summed E-state index contributed by atoms with van der Waals surface area (Å²) in [7, 11) is -3.94. The van der Waals surface area contributed by atoms with Crippen molar-refractivity contribution in [3.8, 4) is 6.07 Å². The number of carbonyl (C=O) groups is 1. The minimum Gasteiger partial charge on any atom is -0.346 e. The van der Waals surface area contributed by atoms with Gasteiger partial charge >= 0.3 is 6.18 Å². The van der Waals surface area contributed by atoms with Crippen LogP contribution in [0, 0.1) is 16.7 Å². The van der Waals surface area contributed by atoms with Crippen LogP contribution in [-0.2, 0) is 16.2 Å². The number of amides is 1. The number of nitrogens with zero attached hydrogens (tertiary/aromatic N) is 1. The van der Waals surface area contributed by atoms with Crippen LogP contribution in [0.5, 0.6) is 0 Å². The average molecular weight is 413 g/mol. The lowest BCUT2D eigenvalue weighted by Gasteiger charge is -2.66. The van der Waals surface area contributed by atoms with Crippen molar-refractivity contribution < 1.29 is 26.4 Å². The summed E-state index contributed by atoms with van der Waals surface area (Å²) < 4.78 is 65.4. The van der Waals surface area contributed by atoms with E-state index in [0.29, 0.717) is 38.2 Å². The topological polar surface area (TPSA) is 99.1 Å². The molecule has 0 spiro atoms. The normalized spacial score (nSPS) is 29.7. The lowest BCUT2D eigenvalue weighted by molar-refractivity contribution is -0.137. The minimum atomic E-state index is -4.67. The van der Waals surface area contributed by atoms with Crippen molar-refractivity contribution in [2.45, 2.75) is 55.5 Å². The number of sulfonamides is 1. The molecular formula is C18H18F3N3O3S. The smallest absolute Gasteiger partial charge is 0.346 e. The maximum atomic E-state index is 13.1. The quantitative estimate of drug-likeness (QED) is 0.775. The SMILES string of the molecule is CC1(S(=O)(=O)Nc2cc(C(F)(F)F)ccc2C(=O)NC23CC(C#N)(C2)C3)CC1. The Morgan fingerprint density at radius 1 is 1.21 bits per heavy atom. The summed E-state index contributed by atoms with van der Waals surface area (Å²) in [5.74, 6) is -0.654. The van der Waals surface area contributed by atoms with Gasteiger partial charge in [-0.2, -0.15) is 18.4 Å². The molecule has 2 N–H and O–H groups in total. The van der Waals surface area contributed by atoms with E-state index in [1.165, 1.54) is 6.92 Å². The van der Waals surface area contributed by atoms with Gasteiger partial charge in [0.15, 0.2) is 0 Å². The number of halogens is 3. The highest BCUT2D eigenvalue weighted by molar-refractivity contribution is 7.94. The largest absolute Gasteiger partial charge is 0.416 e. The number of alkyl halides is 3. The minimum absolute atomic E-state index is 0.170. The Labute approximate surface area is 160 Å².